The number of nitro groups is 2. The Kier molecular flexibility index (Phi) is 5.73. The van der Waals surface area contributed by atoms with Crippen molar-refractivity contribution in [2.45, 2.75) is 6.54 Å². The van der Waals surface area contributed by atoms with Crippen LogP contribution in [0.15, 0.2) is 36.4 Å². The molecule has 9 nitrogen and oxygen atoms in total. The second kappa shape index (κ2) is 7.79. The minimum atomic E-state index is -0.590. The predicted octanol–water partition coefficient (Wildman–Crippen LogP) is 3.47. The first kappa shape index (κ1) is 19.1. The van der Waals surface area contributed by atoms with E-state index in [0.29, 0.717) is 11.3 Å². The van der Waals surface area contributed by atoms with Crippen molar-refractivity contribution in [3.63, 3.8) is 0 Å². The lowest BCUT2D eigenvalue weighted by Gasteiger charge is -2.19. The number of rotatable bonds is 6. The highest BCUT2D eigenvalue weighted by Crippen LogP contribution is 2.26. The van der Waals surface area contributed by atoms with Gasteiger partial charge < -0.3 is 10.2 Å². The summed E-state index contributed by atoms with van der Waals surface area (Å²) in [5, 5.41) is 25.0. The topological polar surface area (TPSA) is 119 Å². The summed E-state index contributed by atoms with van der Waals surface area (Å²) in [6, 6.07) is 7.87. The van der Waals surface area contributed by atoms with E-state index >= 15 is 0 Å². The number of nitrogens with one attached hydrogen (secondary N) is 1. The Labute approximate surface area is 153 Å². The number of nitro benzene ring substituents is 2. The molecule has 0 saturated heterocycles. The molecule has 2 rings (SSSR count). The van der Waals surface area contributed by atoms with Crippen LogP contribution in [0.1, 0.15) is 15.9 Å². The summed E-state index contributed by atoms with van der Waals surface area (Å²) in [5.41, 5.74) is 0.585. The Hall–Kier alpha value is -3.20. The molecule has 0 radical (unpaired) electrons. The monoisotopic (exact) mass is 378 g/mol. The van der Waals surface area contributed by atoms with Crippen LogP contribution in [0, 0.1) is 20.2 Å². The number of amides is 1. The van der Waals surface area contributed by atoms with Crippen LogP contribution >= 0.6 is 11.6 Å². The zero-order valence-electron chi connectivity index (χ0n) is 13.9. The van der Waals surface area contributed by atoms with Crippen molar-refractivity contribution in [2.24, 2.45) is 0 Å². The molecule has 0 aliphatic rings. The zero-order chi connectivity index (χ0) is 19.4. The number of non-ortho nitro benzene ring substituents is 2. The molecule has 0 atom stereocenters. The molecule has 0 saturated carbocycles. The van der Waals surface area contributed by atoms with E-state index in [1.54, 1.807) is 7.05 Å². The lowest BCUT2D eigenvalue weighted by atomic mass is 10.1. The van der Waals surface area contributed by atoms with Gasteiger partial charge in [-0.05, 0) is 17.7 Å². The summed E-state index contributed by atoms with van der Waals surface area (Å²) in [5.74, 6) is -0.486. The van der Waals surface area contributed by atoms with Crippen LogP contribution in [0.25, 0.3) is 0 Å². The van der Waals surface area contributed by atoms with Gasteiger partial charge in [0.2, 0.25) is 0 Å². The van der Waals surface area contributed by atoms with E-state index < -0.39 is 15.8 Å². The number of halogens is 1. The van der Waals surface area contributed by atoms with Gasteiger partial charge in [-0.3, -0.25) is 25.0 Å². The van der Waals surface area contributed by atoms with Crippen LogP contribution in [0.5, 0.6) is 0 Å². The summed E-state index contributed by atoms with van der Waals surface area (Å²) in [6.07, 6.45) is 0. The fourth-order valence-electron chi connectivity index (χ4n) is 2.37. The van der Waals surface area contributed by atoms with Gasteiger partial charge in [0.15, 0.2) is 0 Å². The maximum absolute atomic E-state index is 12.7. The minimum absolute atomic E-state index is 0.00515. The van der Waals surface area contributed by atoms with Crippen LogP contribution in [0.2, 0.25) is 5.02 Å². The van der Waals surface area contributed by atoms with Crippen molar-refractivity contribution in [3.05, 3.63) is 72.8 Å². The van der Waals surface area contributed by atoms with Gasteiger partial charge >= 0.3 is 0 Å². The molecule has 0 heterocycles. The lowest BCUT2D eigenvalue weighted by molar-refractivity contribution is -0.385. The summed E-state index contributed by atoms with van der Waals surface area (Å²) >= 11 is 6.06. The Morgan fingerprint density at radius 3 is 2.27 bits per heavy atom. The predicted molar refractivity (Wildman–Crippen MR) is 96.5 cm³/mol. The van der Waals surface area contributed by atoms with Gasteiger partial charge in [-0.2, -0.15) is 0 Å². The SMILES string of the molecule is CNc1ccc([N+](=O)[O-])cc1C(=O)N(C)Cc1cc([N+](=O)[O-])ccc1Cl. The summed E-state index contributed by atoms with van der Waals surface area (Å²) < 4.78 is 0. The van der Waals surface area contributed by atoms with Crippen LogP contribution in [0.4, 0.5) is 17.1 Å². The molecular weight excluding hydrogens is 364 g/mol. The first-order valence-electron chi connectivity index (χ1n) is 7.39. The van der Waals surface area contributed by atoms with Gasteiger partial charge in [0, 0.05) is 55.6 Å². The number of benzene rings is 2. The molecule has 26 heavy (non-hydrogen) atoms. The molecule has 2 aromatic carbocycles. The van der Waals surface area contributed by atoms with Gasteiger partial charge in [-0.1, -0.05) is 11.6 Å². The van der Waals surface area contributed by atoms with Crippen molar-refractivity contribution in [2.75, 3.05) is 19.4 Å². The lowest BCUT2D eigenvalue weighted by Crippen LogP contribution is -2.27. The van der Waals surface area contributed by atoms with Crippen LogP contribution in [-0.2, 0) is 6.54 Å². The van der Waals surface area contributed by atoms with E-state index in [1.807, 2.05) is 0 Å². The maximum atomic E-state index is 12.7. The Balaban J connectivity index is 2.33. The second-order valence-corrected chi connectivity index (χ2v) is 5.84. The molecule has 0 aliphatic carbocycles. The number of carbonyl (C=O) groups is 1. The van der Waals surface area contributed by atoms with E-state index in [9.17, 15) is 25.0 Å². The first-order chi connectivity index (χ1) is 12.2. The van der Waals surface area contributed by atoms with Crippen molar-refractivity contribution in [1.82, 2.24) is 4.90 Å². The van der Waals surface area contributed by atoms with E-state index in [2.05, 4.69) is 5.32 Å². The fraction of sp³-hybridized carbons (Fsp3) is 0.188. The molecule has 0 unspecified atom stereocenters. The third-order valence-electron chi connectivity index (χ3n) is 3.71. The third-order valence-corrected chi connectivity index (χ3v) is 4.08. The van der Waals surface area contributed by atoms with Crippen molar-refractivity contribution in [3.8, 4) is 0 Å². The highest BCUT2D eigenvalue weighted by molar-refractivity contribution is 6.31. The van der Waals surface area contributed by atoms with Crippen LogP contribution in [0.3, 0.4) is 0 Å². The van der Waals surface area contributed by atoms with Gasteiger partial charge in [0.25, 0.3) is 17.3 Å². The van der Waals surface area contributed by atoms with Gasteiger partial charge in [-0.25, -0.2) is 0 Å². The van der Waals surface area contributed by atoms with Crippen LogP contribution in [-0.4, -0.2) is 34.7 Å². The maximum Gasteiger partial charge on any atom is 0.270 e. The summed E-state index contributed by atoms with van der Waals surface area (Å²) in [4.78, 5) is 34.7. The second-order valence-electron chi connectivity index (χ2n) is 5.43. The number of nitrogens with zero attached hydrogens (tertiary/aromatic N) is 3. The highest BCUT2D eigenvalue weighted by atomic mass is 35.5. The van der Waals surface area contributed by atoms with Crippen molar-refractivity contribution < 1.29 is 14.6 Å². The van der Waals surface area contributed by atoms with Crippen LogP contribution < -0.4 is 5.32 Å². The third kappa shape index (κ3) is 4.06. The molecule has 10 heteroatoms. The van der Waals surface area contributed by atoms with E-state index in [0.717, 1.165) is 0 Å². The molecular formula is C16H15ClN4O5. The zero-order valence-corrected chi connectivity index (χ0v) is 14.7. The molecule has 2 aromatic rings. The average Bonchev–Trinajstić information content (AvgIpc) is 2.61. The molecule has 0 aliphatic heterocycles. The van der Waals surface area contributed by atoms with E-state index in [1.165, 1.54) is 48.3 Å². The molecule has 0 aromatic heterocycles. The number of hydrogen-bond donors (Lipinski definition) is 1. The Bertz CT molecular complexity index is 887. The molecule has 0 fully saturated rings. The fourth-order valence-corrected chi connectivity index (χ4v) is 2.55. The van der Waals surface area contributed by atoms with E-state index in [-0.39, 0.29) is 28.5 Å². The average molecular weight is 379 g/mol. The Morgan fingerprint density at radius 2 is 1.69 bits per heavy atom. The Morgan fingerprint density at radius 1 is 1.12 bits per heavy atom. The van der Waals surface area contributed by atoms with Gasteiger partial charge in [-0.15, -0.1) is 0 Å². The molecule has 0 spiro atoms. The molecule has 1 amide bonds. The first-order valence-corrected chi connectivity index (χ1v) is 7.77. The summed E-state index contributed by atoms with van der Waals surface area (Å²) in [6.45, 7) is 0.00515. The van der Waals surface area contributed by atoms with Gasteiger partial charge in [0.05, 0.1) is 15.4 Å². The quantitative estimate of drug-likeness (QED) is 0.607. The largest absolute Gasteiger partial charge is 0.387 e. The minimum Gasteiger partial charge on any atom is -0.387 e. The highest BCUT2D eigenvalue weighted by Gasteiger charge is 2.21. The standard InChI is InChI=1S/C16H15ClN4O5/c1-18-15-6-4-12(21(25)26)8-13(15)16(22)19(2)9-10-7-11(20(23)24)3-5-14(10)17/h3-8,18H,9H2,1-2H3. The number of anilines is 1. The van der Waals surface area contributed by atoms with Crippen molar-refractivity contribution in [1.29, 1.82) is 0 Å². The van der Waals surface area contributed by atoms with Gasteiger partial charge in [0.1, 0.15) is 0 Å². The normalized spacial score (nSPS) is 10.3. The molecule has 136 valence electrons. The van der Waals surface area contributed by atoms with E-state index in [4.69, 9.17) is 11.6 Å². The summed E-state index contributed by atoms with van der Waals surface area (Å²) in [7, 11) is 3.07. The molecule has 1 N–H and O–H groups in total. The van der Waals surface area contributed by atoms with Crippen molar-refractivity contribution >= 4 is 34.6 Å². The number of carbonyl (C=O) groups excluding carboxylic acids is 1. The number of hydrogen-bond acceptors (Lipinski definition) is 6. The molecule has 0 bridgehead atoms. The smallest absolute Gasteiger partial charge is 0.270 e.